The van der Waals surface area contributed by atoms with Crippen molar-refractivity contribution in [3.63, 3.8) is 0 Å². The monoisotopic (exact) mass is 307 g/mol. The summed E-state index contributed by atoms with van der Waals surface area (Å²) >= 11 is 1.48. The average molecular weight is 307 g/mol. The fourth-order valence-electron chi connectivity index (χ4n) is 1.78. The predicted molar refractivity (Wildman–Crippen MR) is 78.0 cm³/mol. The van der Waals surface area contributed by atoms with E-state index in [-0.39, 0.29) is 23.6 Å². The van der Waals surface area contributed by atoms with Gasteiger partial charge in [0.1, 0.15) is 17.6 Å². The van der Waals surface area contributed by atoms with E-state index in [1.807, 2.05) is 12.3 Å². The molecule has 0 bridgehead atoms. The molecule has 2 heterocycles. The molecule has 0 unspecified atom stereocenters. The number of nitro groups is 1. The maximum Gasteiger partial charge on any atom is 0.300 e. The molecule has 2 rings (SSSR count). The first kappa shape index (κ1) is 14.9. The van der Waals surface area contributed by atoms with Crippen molar-refractivity contribution in [3.8, 4) is 0 Å². The number of aryl methyl sites for hydroxylation is 1. The quantitative estimate of drug-likeness (QED) is 0.677. The molecule has 0 saturated carbocycles. The minimum Gasteiger partial charge on any atom is -0.384 e. The van der Waals surface area contributed by atoms with Crippen LogP contribution in [0, 0.1) is 17.0 Å². The summed E-state index contributed by atoms with van der Waals surface area (Å²) < 4.78 is 0. The van der Waals surface area contributed by atoms with Crippen molar-refractivity contribution in [2.24, 2.45) is 0 Å². The van der Waals surface area contributed by atoms with E-state index in [0.29, 0.717) is 0 Å². The number of amides is 1. The van der Waals surface area contributed by atoms with Gasteiger partial charge in [0.15, 0.2) is 0 Å². The largest absolute Gasteiger partial charge is 0.384 e. The number of nitrogens with zero attached hydrogens (tertiary/aromatic N) is 4. The van der Waals surface area contributed by atoms with Crippen LogP contribution in [0.4, 0.5) is 11.5 Å². The summed E-state index contributed by atoms with van der Waals surface area (Å²) in [6.45, 7) is 2.13. The lowest BCUT2D eigenvalue weighted by atomic mass is 10.2. The van der Waals surface area contributed by atoms with E-state index in [1.54, 1.807) is 7.05 Å². The summed E-state index contributed by atoms with van der Waals surface area (Å²) in [5.74, 6) is -0.441. The van der Waals surface area contributed by atoms with Gasteiger partial charge in [0.2, 0.25) is 0 Å². The van der Waals surface area contributed by atoms with Crippen molar-refractivity contribution in [1.82, 2.24) is 14.9 Å². The van der Waals surface area contributed by atoms with Gasteiger partial charge in [0.25, 0.3) is 11.6 Å². The molecule has 0 fully saturated rings. The first-order valence-electron chi connectivity index (χ1n) is 5.95. The second-order valence-corrected chi connectivity index (χ2v) is 5.46. The molecule has 110 valence electrons. The number of nitrogens with two attached hydrogens (primary N) is 1. The van der Waals surface area contributed by atoms with Crippen LogP contribution in [0.15, 0.2) is 17.6 Å². The van der Waals surface area contributed by atoms with Crippen LogP contribution in [0.5, 0.6) is 0 Å². The highest BCUT2D eigenvalue weighted by molar-refractivity contribution is 7.09. The predicted octanol–water partition coefficient (Wildman–Crippen LogP) is 1.61. The number of hydrogen-bond donors (Lipinski definition) is 1. The van der Waals surface area contributed by atoms with Gasteiger partial charge >= 0.3 is 0 Å². The second kappa shape index (κ2) is 5.83. The van der Waals surface area contributed by atoms with Crippen molar-refractivity contribution in [2.45, 2.75) is 13.5 Å². The number of thiazole rings is 1. The van der Waals surface area contributed by atoms with Gasteiger partial charge in [-0.15, -0.1) is 11.3 Å². The van der Waals surface area contributed by atoms with Crippen LogP contribution in [0.25, 0.3) is 0 Å². The van der Waals surface area contributed by atoms with Gasteiger partial charge in [-0.3, -0.25) is 14.9 Å². The molecule has 2 N–H and O–H groups in total. The molecule has 21 heavy (non-hydrogen) atoms. The fourth-order valence-corrected chi connectivity index (χ4v) is 2.39. The fraction of sp³-hybridized carbons (Fsp3) is 0.250. The molecule has 2 aromatic rings. The molecular formula is C12H13N5O3S. The van der Waals surface area contributed by atoms with Crippen LogP contribution in [0.2, 0.25) is 0 Å². The summed E-state index contributed by atoms with van der Waals surface area (Å²) in [6, 6.07) is 1.21. The number of aromatic nitrogens is 2. The number of carbonyl (C=O) groups is 1. The Bertz CT molecular complexity index is 700. The van der Waals surface area contributed by atoms with Crippen LogP contribution in [-0.4, -0.2) is 32.7 Å². The summed E-state index contributed by atoms with van der Waals surface area (Å²) in [5, 5.41) is 13.7. The Balaban J connectivity index is 2.26. The van der Waals surface area contributed by atoms with Crippen LogP contribution >= 0.6 is 11.3 Å². The summed E-state index contributed by atoms with van der Waals surface area (Å²) in [5.41, 5.74) is 5.79. The van der Waals surface area contributed by atoms with E-state index < -0.39 is 10.8 Å². The molecule has 0 aliphatic carbocycles. The van der Waals surface area contributed by atoms with Gasteiger partial charge in [-0.2, -0.15) is 0 Å². The van der Waals surface area contributed by atoms with E-state index in [9.17, 15) is 14.9 Å². The summed E-state index contributed by atoms with van der Waals surface area (Å²) in [4.78, 5) is 31.9. The second-order valence-electron chi connectivity index (χ2n) is 4.40. The Hall–Kier alpha value is -2.55. The Morgan fingerprint density at radius 1 is 1.57 bits per heavy atom. The van der Waals surface area contributed by atoms with Gasteiger partial charge < -0.3 is 10.6 Å². The molecule has 1 amide bonds. The molecule has 0 saturated heterocycles. The lowest BCUT2D eigenvalue weighted by Gasteiger charge is -2.16. The third-order valence-electron chi connectivity index (χ3n) is 2.74. The molecule has 0 aliphatic heterocycles. The molecule has 0 aromatic carbocycles. The van der Waals surface area contributed by atoms with Crippen LogP contribution < -0.4 is 5.73 Å². The molecule has 8 nitrogen and oxygen atoms in total. The highest BCUT2D eigenvalue weighted by Gasteiger charge is 2.24. The Labute approximate surface area is 124 Å². The standard InChI is InChI=1S/C12H13N5O3S/c1-7-15-8(6-21-7)5-16(2)12(18)9-3-11(13)14-4-10(9)17(19)20/h3-4,6H,5H2,1-2H3,(H2,13,14). The first-order valence-corrected chi connectivity index (χ1v) is 6.83. The van der Waals surface area contributed by atoms with Crippen molar-refractivity contribution < 1.29 is 9.72 Å². The first-order chi connectivity index (χ1) is 9.88. The zero-order valence-corrected chi connectivity index (χ0v) is 12.3. The third kappa shape index (κ3) is 3.31. The van der Waals surface area contributed by atoms with Crippen molar-refractivity contribution in [2.75, 3.05) is 12.8 Å². The Kier molecular flexibility index (Phi) is 4.13. The molecule has 0 aliphatic rings. The normalized spacial score (nSPS) is 10.4. The van der Waals surface area contributed by atoms with Gasteiger partial charge in [-0.1, -0.05) is 0 Å². The van der Waals surface area contributed by atoms with Crippen molar-refractivity contribution in [1.29, 1.82) is 0 Å². The van der Waals surface area contributed by atoms with Crippen LogP contribution in [0.3, 0.4) is 0 Å². The van der Waals surface area contributed by atoms with E-state index in [0.717, 1.165) is 16.9 Å². The van der Waals surface area contributed by atoms with Gasteiger partial charge in [-0.25, -0.2) is 9.97 Å². The lowest BCUT2D eigenvalue weighted by molar-refractivity contribution is -0.385. The summed E-state index contributed by atoms with van der Waals surface area (Å²) in [6.07, 6.45) is 0.989. The number of anilines is 1. The third-order valence-corrected chi connectivity index (χ3v) is 3.57. The molecular weight excluding hydrogens is 294 g/mol. The molecule has 0 atom stereocenters. The Morgan fingerprint density at radius 2 is 2.29 bits per heavy atom. The number of nitrogen functional groups attached to an aromatic ring is 1. The van der Waals surface area contributed by atoms with Crippen LogP contribution in [-0.2, 0) is 6.54 Å². The van der Waals surface area contributed by atoms with Crippen molar-refractivity contribution >= 4 is 28.7 Å². The van der Waals surface area contributed by atoms with Gasteiger partial charge in [-0.05, 0) is 13.0 Å². The molecule has 2 aromatic heterocycles. The van der Waals surface area contributed by atoms with E-state index in [2.05, 4.69) is 9.97 Å². The zero-order chi connectivity index (χ0) is 15.6. The molecule has 9 heteroatoms. The average Bonchev–Trinajstić information content (AvgIpc) is 2.82. The lowest BCUT2D eigenvalue weighted by Crippen LogP contribution is -2.27. The number of rotatable bonds is 4. The number of hydrogen-bond acceptors (Lipinski definition) is 7. The minimum absolute atomic E-state index is 0.0573. The van der Waals surface area contributed by atoms with E-state index in [1.165, 1.54) is 22.3 Å². The Morgan fingerprint density at radius 3 is 2.86 bits per heavy atom. The maximum atomic E-state index is 12.3. The minimum atomic E-state index is -0.652. The highest BCUT2D eigenvalue weighted by Crippen LogP contribution is 2.21. The van der Waals surface area contributed by atoms with E-state index >= 15 is 0 Å². The maximum absolute atomic E-state index is 12.3. The summed E-state index contributed by atoms with van der Waals surface area (Å²) in [7, 11) is 1.55. The van der Waals surface area contributed by atoms with Gasteiger partial charge in [0, 0.05) is 12.4 Å². The molecule has 0 radical (unpaired) electrons. The zero-order valence-electron chi connectivity index (χ0n) is 11.4. The number of carbonyl (C=O) groups excluding carboxylic acids is 1. The van der Waals surface area contributed by atoms with Crippen molar-refractivity contribution in [3.05, 3.63) is 44.0 Å². The SMILES string of the molecule is Cc1nc(CN(C)C(=O)c2cc(N)ncc2[N+](=O)[O-])cs1. The van der Waals surface area contributed by atoms with E-state index in [4.69, 9.17) is 5.73 Å². The topological polar surface area (TPSA) is 115 Å². The van der Waals surface area contributed by atoms with Gasteiger partial charge in [0.05, 0.1) is 22.2 Å². The van der Waals surface area contributed by atoms with Crippen LogP contribution in [0.1, 0.15) is 21.1 Å². The highest BCUT2D eigenvalue weighted by atomic mass is 32.1. The smallest absolute Gasteiger partial charge is 0.300 e. The number of pyridine rings is 1. The molecule has 0 spiro atoms.